The molecule has 0 unspecified atom stereocenters. The molecule has 4 nitrogen and oxygen atoms in total. The molecular formula is C17H16N4S. The SMILES string of the molecule is Cc1cccc2c(/C=N/NC(=S)Nc3ccccc3)c[nH]c12. The normalized spacial score (nSPS) is 11.0. The smallest absolute Gasteiger partial charge is 0.191 e. The Morgan fingerprint density at radius 1 is 1.14 bits per heavy atom. The molecule has 3 N–H and O–H groups in total. The van der Waals surface area contributed by atoms with Crippen molar-refractivity contribution in [3.05, 3.63) is 65.9 Å². The van der Waals surface area contributed by atoms with Gasteiger partial charge < -0.3 is 10.3 Å². The second-order valence-electron chi connectivity index (χ2n) is 4.93. The summed E-state index contributed by atoms with van der Waals surface area (Å²) in [4.78, 5) is 3.27. The molecule has 0 saturated heterocycles. The summed E-state index contributed by atoms with van der Waals surface area (Å²) in [6, 6.07) is 15.9. The molecule has 0 saturated carbocycles. The Kier molecular flexibility index (Phi) is 4.16. The number of H-pyrrole nitrogens is 1. The number of anilines is 1. The predicted molar refractivity (Wildman–Crippen MR) is 96.4 cm³/mol. The molecule has 0 radical (unpaired) electrons. The number of nitrogens with one attached hydrogen (secondary N) is 3. The number of aryl methyl sites for hydroxylation is 1. The Balaban J connectivity index is 1.66. The van der Waals surface area contributed by atoms with Crippen molar-refractivity contribution in [2.45, 2.75) is 6.92 Å². The average molecular weight is 308 g/mol. The van der Waals surface area contributed by atoms with Gasteiger partial charge in [0.1, 0.15) is 0 Å². The second-order valence-corrected chi connectivity index (χ2v) is 5.34. The Hall–Kier alpha value is -2.66. The van der Waals surface area contributed by atoms with Crippen molar-refractivity contribution in [1.29, 1.82) is 0 Å². The van der Waals surface area contributed by atoms with E-state index in [9.17, 15) is 0 Å². The largest absolute Gasteiger partial charge is 0.360 e. The van der Waals surface area contributed by atoms with Crippen LogP contribution in [0.15, 0.2) is 59.8 Å². The summed E-state index contributed by atoms with van der Waals surface area (Å²) in [7, 11) is 0. The Labute approximate surface area is 134 Å². The quantitative estimate of drug-likeness (QED) is 0.392. The van der Waals surface area contributed by atoms with Crippen molar-refractivity contribution < 1.29 is 0 Å². The minimum atomic E-state index is 0.457. The summed E-state index contributed by atoms with van der Waals surface area (Å²) in [5, 5.41) is 8.86. The van der Waals surface area contributed by atoms with Crippen LogP contribution in [0.1, 0.15) is 11.1 Å². The Morgan fingerprint density at radius 2 is 1.95 bits per heavy atom. The fourth-order valence-electron chi connectivity index (χ4n) is 2.28. The van der Waals surface area contributed by atoms with E-state index >= 15 is 0 Å². The summed E-state index contributed by atoms with van der Waals surface area (Å²) in [6.45, 7) is 2.08. The summed E-state index contributed by atoms with van der Waals surface area (Å²) in [6.07, 6.45) is 3.70. The first-order valence-corrected chi connectivity index (χ1v) is 7.36. The Bertz CT molecular complexity index is 821. The first-order chi connectivity index (χ1) is 10.7. The lowest BCUT2D eigenvalue weighted by molar-refractivity contribution is 1.05. The molecule has 22 heavy (non-hydrogen) atoms. The molecule has 3 aromatic rings. The summed E-state index contributed by atoms with van der Waals surface area (Å²) in [5.74, 6) is 0. The van der Waals surface area contributed by atoms with E-state index in [4.69, 9.17) is 12.2 Å². The van der Waals surface area contributed by atoms with Crippen molar-refractivity contribution >= 4 is 40.1 Å². The number of hydrogen-bond acceptors (Lipinski definition) is 2. The molecule has 0 aliphatic heterocycles. The topological polar surface area (TPSA) is 52.2 Å². The number of thiocarbonyl (C=S) groups is 1. The molecule has 3 rings (SSSR count). The van der Waals surface area contributed by atoms with Crippen molar-refractivity contribution in [2.75, 3.05) is 5.32 Å². The maximum atomic E-state index is 5.20. The van der Waals surface area contributed by atoms with E-state index in [-0.39, 0.29) is 0 Å². The van der Waals surface area contributed by atoms with Crippen molar-refractivity contribution in [2.24, 2.45) is 5.10 Å². The van der Waals surface area contributed by atoms with Gasteiger partial charge in [0.05, 0.1) is 6.21 Å². The zero-order valence-electron chi connectivity index (χ0n) is 12.1. The van der Waals surface area contributed by atoms with Crippen LogP contribution in [-0.4, -0.2) is 16.3 Å². The summed E-state index contributed by atoms with van der Waals surface area (Å²) in [5.41, 5.74) is 7.12. The highest BCUT2D eigenvalue weighted by Crippen LogP contribution is 2.19. The minimum Gasteiger partial charge on any atom is -0.360 e. The molecule has 0 bridgehead atoms. The number of fused-ring (bicyclic) bond motifs is 1. The molecule has 1 heterocycles. The van der Waals surface area contributed by atoms with Gasteiger partial charge in [-0.2, -0.15) is 5.10 Å². The molecule has 110 valence electrons. The lowest BCUT2D eigenvalue weighted by Gasteiger charge is -2.05. The summed E-state index contributed by atoms with van der Waals surface area (Å²) < 4.78 is 0. The molecule has 0 atom stereocenters. The third kappa shape index (κ3) is 3.15. The standard InChI is InChI=1S/C17H16N4S/c1-12-6-5-9-15-13(10-18-16(12)15)11-19-21-17(22)20-14-7-3-2-4-8-14/h2-11,18H,1H3,(H2,20,21,22)/b19-11+. The average Bonchev–Trinajstić information content (AvgIpc) is 2.93. The lowest BCUT2D eigenvalue weighted by atomic mass is 10.1. The van der Waals surface area contributed by atoms with Gasteiger partial charge in [-0.15, -0.1) is 0 Å². The molecule has 0 fully saturated rings. The van der Waals surface area contributed by atoms with Crippen LogP contribution in [0.25, 0.3) is 10.9 Å². The molecule has 0 spiro atoms. The van der Waals surface area contributed by atoms with Gasteiger partial charge in [-0.3, -0.25) is 5.43 Å². The zero-order valence-corrected chi connectivity index (χ0v) is 12.9. The lowest BCUT2D eigenvalue weighted by Crippen LogP contribution is -2.23. The molecule has 2 aromatic carbocycles. The fraction of sp³-hybridized carbons (Fsp3) is 0.0588. The van der Waals surface area contributed by atoms with Crippen LogP contribution in [0.4, 0.5) is 5.69 Å². The number of aromatic nitrogens is 1. The van der Waals surface area contributed by atoms with Gasteiger partial charge in [0.15, 0.2) is 5.11 Å². The summed E-state index contributed by atoms with van der Waals surface area (Å²) >= 11 is 5.20. The van der Waals surface area contributed by atoms with E-state index in [2.05, 4.69) is 39.9 Å². The third-order valence-electron chi connectivity index (χ3n) is 3.36. The van der Waals surface area contributed by atoms with Gasteiger partial charge in [0.2, 0.25) is 0 Å². The number of nitrogens with zero attached hydrogens (tertiary/aromatic N) is 1. The van der Waals surface area contributed by atoms with Gasteiger partial charge in [-0.05, 0) is 36.8 Å². The van der Waals surface area contributed by atoms with Crippen LogP contribution in [-0.2, 0) is 0 Å². The number of rotatable bonds is 3. The van der Waals surface area contributed by atoms with Crippen LogP contribution in [0, 0.1) is 6.92 Å². The van der Waals surface area contributed by atoms with Crippen LogP contribution in [0.5, 0.6) is 0 Å². The van der Waals surface area contributed by atoms with E-state index in [0.717, 1.165) is 22.2 Å². The fourth-order valence-corrected chi connectivity index (χ4v) is 2.45. The van der Waals surface area contributed by atoms with Crippen LogP contribution >= 0.6 is 12.2 Å². The van der Waals surface area contributed by atoms with Crippen molar-refractivity contribution in [3.63, 3.8) is 0 Å². The zero-order chi connectivity index (χ0) is 15.4. The van der Waals surface area contributed by atoms with Crippen molar-refractivity contribution in [1.82, 2.24) is 10.4 Å². The maximum Gasteiger partial charge on any atom is 0.191 e. The molecule has 1 aromatic heterocycles. The van der Waals surface area contributed by atoms with Crippen LogP contribution in [0.2, 0.25) is 0 Å². The first kappa shape index (κ1) is 14.3. The highest BCUT2D eigenvalue weighted by atomic mass is 32.1. The number of para-hydroxylation sites is 2. The number of benzene rings is 2. The Morgan fingerprint density at radius 3 is 2.77 bits per heavy atom. The molecular weight excluding hydrogens is 292 g/mol. The maximum absolute atomic E-state index is 5.20. The van der Waals surface area contributed by atoms with Crippen LogP contribution in [0.3, 0.4) is 0 Å². The van der Waals surface area contributed by atoms with E-state index in [1.54, 1.807) is 6.21 Å². The van der Waals surface area contributed by atoms with Gasteiger partial charge in [-0.25, -0.2) is 0 Å². The van der Waals surface area contributed by atoms with Gasteiger partial charge >= 0.3 is 0 Å². The molecule has 0 amide bonds. The number of hydrazone groups is 1. The highest BCUT2D eigenvalue weighted by Gasteiger charge is 2.02. The van der Waals surface area contributed by atoms with E-state index < -0.39 is 0 Å². The monoisotopic (exact) mass is 308 g/mol. The highest BCUT2D eigenvalue weighted by molar-refractivity contribution is 7.80. The van der Waals surface area contributed by atoms with Crippen molar-refractivity contribution in [3.8, 4) is 0 Å². The molecule has 0 aliphatic carbocycles. The third-order valence-corrected chi connectivity index (χ3v) is 3.55. The predicted octanol–water partition coefficient (Wildman–Crippen LogP) is 3.80. The number of hydrogen-bond donors (Lipinski definition) is 3. The van der Waals surface area contributed by atoms with Gasteiger partial charge in [0.25, 0.3) is 0 Å². The minimum absolute atomic E-state index is 0.457. The molecule has 0 aliphatic rings. The van der Waals surface area contributed by atoms with E-state index in [1.807, 2.05) is 42.6 Å². The number of aromatic amines is 1. The van der Waals surface area contributed by atoms with Crippen LogP contribution < -0.4 is 10.7 Å². The first-order valence-electron chi connectivity index (χ1n) is 6.96. The van der Waals surface area contributed by atoms with E-state index in [1.165, 1.54) is 5.56 Å². The van der Waals surface area contributed by atoms with E-state index in [0.29, 0.717) is 5.11 Å². The second kappa shape index (κ2) is 6.41. The molecule has 5 heteroatoms. The van der Waals surface area contributed by atoms with Gasteiger partial charge in [0, 0.05) is 28.4 Å². The van der Waals surface area contributed by atoms with Gasteiger partial charge in [-0.1, -0.05) is 36.4 Å².